The molecule has 2 aliphatic rings. The first-order valence-electron chi connectivity index (χ1n) is 15.7. The number of nitrogens with one attached hydrogen (secondary N) is 1. The predicted octanol–water partition coefficient (Wildman–Crippen LogP) is 6.82. The molecule has 2 N–H and O–H groups in total. The number of piperidine rings is 2. The first kappa shape index (κ1) is 38.9. The van der Waals surface area contributed by atoms with Crippen LogP contribution >= 0.6 is 66.4 Å². The third-order valence-corrected chi connectivity index (χ3v) is 15.7. The molecule has 0 radical (unpaired) electrons. The molecule has 1 unspecified atom stereocenters. The molecule has 18 heteroatoms. The number of anilines is 1. The van der Waals surface area contributed by atoms with Crippen LogP contribution < -0.4 is 9.62 Å². The number of halogens is 4. The highest BCUT2D eigenvalue weighted by atomic mass is 79.9. The fourth-order valence-corrected chi connectivity index (χ4v) is 12.0. The minimum absolute atomic E-state index is 0.0521. The van der Waals surface area contributed by atoms with E-state index in [1.165, 1.54) is 12.3 Å². The number of aromatic nitrogens is 1. The maximum absolute atomic E-state index is 13.1. The average Bonchev–Trinajstić information content (AvgIpc) is 3.42. The molecule has 268 valence electrons. The Hall–Kier alpha value is -1.34. The molecular formula is C31H36Br2Cl2N4O7S3. The SMILES string of the molecule is O=C(O)[C@H](Cc1ccc(Cl)cc1)NS(=O)(=O)c1cnc(N2CCC(OCCCC3CCCN(S(=O)(=O)c4cc(Br)c(Cl)s4)C3)CC2)c(Br)c1. The number of pyridine rings is 1. The van der Waals surface area contributed by atoms with Gasteiger partial charge < -0.3 is 14.7 Å². The molecule has 2 aliphatic heterocycles. The Kier molecular flexibility index (Phi) is 13.5. The Bertz CT molecular complexity index is 1820. The van der Waals surface area contributed by atoms with Crippen molar-refractivity contribution >= 4 is 98.2 Å². The molecule has 0 saturated carbocycles. The van der Waals surface area contributed by atoms with E-state index in [1.807, 2.05) is 0 Å². The summed E-state index contributed by atoms with van der Waals surface area (Å²) in [6, 6.07) is 8.16. The number of carboxylic acids is 1. The lowest BCUT2D eigenvalue weighted by Gasteiger charge is -2.34. The largest absolute Gasteiger partial charge is 0.480 e. The Morgan fingerprint density at radius 3 is 2.41 bits per heavy atom. The van der Waals surface area contributed by atoms with Crippen molar-refractivity contribution in [1.29, 1.82) is 0 Å². The van der Waals surface area contributed by atoms with Crippen LogP contribution in [0, 0.1) is 5.92 Å². The van der Waals surface area contributed by atoms with Crippen molar-refractivity contribution in [2.75, 3.05) is 37.7 Å². The van der Waals surface area contributed by atoms with Crippen LogP contribution in [-0.2, 0) is 36.0 Å². The van der Waals surface area contributed by atoms with Crippen molar-refractivity contribution in [3.8, 4) is 0 Å². The van der Waals surface area contributed by atoms with Crippen LogP contribution in [0.2, 0.25) is 9.36 Å². The average molecular weight is 904 g/mol. The molecule has 11 nitrogen and oxygen atoms in total. The highest BCUT2D eigenvalue weighted by molar-refractivity contribution is 9.11. The molecule has 0 bridgehead atoms. The Morgan fingerprint density at radius 2 is 1.78 bits per heavy atom. The van der Waals surface area contributed by atoms with Crippen molar-refractivity contribution in [3.63, 3.8) is 0 Å². The third-order valence-electron chi connectivity index (χ3n) is 8.61. The summed E-state index contributed by atoms with van der Waals surface area (Å²) >= 11 is 19.8. The minimum atomic E-state index is -4.18. The van der Waals surface area contributed by atoms with Gasteiger partial charge in [0.2, 0.25) is 10.0 Å². The minimum Gasteiger partial charge on any atom is -0.480 e. The fourth-order valence-electron chi connectivity index (χ4n) is 6.00. The maximum Gasteiger partial charge on any atom is 0.322 e. The molecule has 2 fully saturated rings. The maximum atomic E-state index is 13.1. The zero-order valence-corrected chi connectivity index (χ0v) is 33.4. The van der Waals surface area contributed by atoms with Crippen LogP contribution in [0.5, 0.6) is 0 Å². The zero-order valence-electron chi connectivity index (χ0n) is 26.2. The molecule has 1 aromatic carbocycles. The summed E-state index contributed by atoms with van der Waals surface area (Å²) < 4.78 is 64.3. The van der Waals surface area contributed by atoms with Crippen LogP contribution in [0.4, 0.5) is 5.82 Å². The number of rotatable bonds is 14. The second kappa shape index (κ2) is 17.0. The van der Waals surface area contributed by atoms with E-state index in [-0.39, 0.29) is 27.5 Å². The molecule has 4 heterocycles. The summed E-state index contributed by atoms with van der Waals surface area (Å²) in [7, 11) is -7.75. The summed E-state index contributed by atoms with van der Waals surface area (Å²) in [6.45, 7) is 2.94. The number of nitrogens with zero attached hydrogens (tertiary/aromatic N) is 3. The second-order valence-corrected chi connectivity index (χ2v) is 19.8. The molecule has 0 spiro atoms. The first-order chi connectivity index (χ1) is 23.2. The quantitative estimate of drug-likeness (QED) is 0.167. The van der Waals surface area contributed by atoms with Crippen LogP contribution in [-0.4, -0.2) is 82.1 Å². The third kappa shape index (κ3) is 10.2. The van der Waals surface area contributed by atoms with Gasteiger partial charge in [-0.3, -0.25) is 4.79 Å². The lowest BCUT2D eigenvalue weighted by atomic mass is 9.95. The highest BCUT2D eigenvalue weighted by Gasteiger charge is 2.32. The van der Waals surface area contributed by atoms with Gasteiger partial charge >= 0.3 is 5.97 Å². The van der Waals surface area contributed by atoms with Gasteiger partial charge in [-0.05, 0) is 113 Å². The molecule has 0 aliphatic carbocycles. The Labute approximate surface area is 317 Å². The first-order valence-corrected chi connectivity index (χ1v) is 21.8. The molecule has 2 aromatic heterocycles. The van der Waals surface area contributed by atoms with Crippen molar-refractivity contribution in [1.82, 2.24) is 14.0 Å². The number of hydrogen-bond acceptors (Lipinski definition) is 9. The van der Waals surface area contributed by atoms with Gasteiger partial charge in [0.15, 0.2) is 0 Å². The Morgan fingerprint density at radius 1 is 1.06 bits per heavy atom. The number of carboxylic acid groups (broad SMARTS) is 1. The van der Waals surface area contributed by atoms with E-state index in [2.05, 4.69) is 46.5 Å². The molecule has 0 amide bonds. The van der Waals surface area contributed by atoms with E-state index in [9.17, 15) is 26.7 Å². The van der Waals surface area contributed by atoms with E-state index in [0.29, 0.717) is 62.5 Å². The van der Waals surface area contributed by atoms with E-state index in [4.69, 9.17) is 27.9 Å². The van der Waals surface area contributed by atoms with E-state index >= 15 is 0 Å². The predicted molar refractivity (Wildman–Crippen MR) is 198 cm³/mol. The Balaban J connectivity index is 1.07. The van der Waals surface area contributed by atoms with Crippen LogP contribution in [0.1, 0.15) is 44.1 Å². The summed E-state index contributed by atoms with van der Waals surface area (Å²) in [4.78, 5) is 18.2. The lowest BCUT2D eigenvalue weighted by Crippen LogP contribution is -2.42. The number of sulfonamides is 2. The van der Waals surface area contributed by atoms with E-state index in [1.54, 1.807) is 34.6 Å². The molecule has 3 aromatic rings. The number of ether oxygens (including phenoxy) is 1. The molecule has 49 heavy (non-hydrogen) atoms. The number of carbonyl (C=O) groups is 1. The summed E-state index contributed by atoms with van der Waals surface area (Å²) in [5.74, 6) is -0.424. The van der Waals surface area contributed by atoms with Crippen LogP contribution in [0.25, 0.3) is 0 Å². The zero-order chi connectivity index (χ0) is 35.3. The van der Waals surface area contributed by atoms with Crippen LogP contribution in [0.15, 0.2) is 60.6 Å². The van der Waals surface area contributed by atoms with Gasteiger partial charge in [-0.25, -0.2) is 21.8 Å². The van der Waals surface area contributed by atoms with E-state index in [0.717, 1.165) is 49.9 Å². The van der Waals surface area contributed by atoms with Crippen molar-refractivity contribution < 1.29 is 31.5 Å². The van der Waals surface area contributed by atoms with Crippen LogP contribution in [0.3, 0.4) is 0 Å². The highest BCUT2D eigenvalue weighted by Crippen LogP contribution is 2.37. The topological polar surface area (TPSA) is 146 Å². The number of hydrogen-bond donors (Lipinski definition) is 2. The summed E-state index contributed by atoms with van der Waals surface area (Å²) in [5, 5.41) is 10.2. The van der Waals surface area contributed by atoms with E-state index < -0.39 is 32.1 Å². The van der Waals surface area contributed by atoms with Gasteiger partial charge in [-0.2, -0.15) is 9.03 Å². The van der Waals surface area contributed by atoms with Gasteiger partial charge in [0.1, 0.15) is 25.3 Å². The number of thiophene rings is 1. The normalized spacial score (nSPS) is 18.9. The monoisotopic (exact) mass is 900 g/mol. The van der Waals surface area contributed by atoms with Crippen molar-refractivity contribution in [3.05, 3.63) is 66.5 Å². The number of benzene rings is 1. The summed E-state index contributed by atoms with van der Waals surface area (Å²) in [6.07, 6.45) is 6.35. The smallest absolute Gasteiger partial charge is 0.322 e. The second-order valence-electron chi connectivity index (χ2n) is 12.1. The fraction of sp³-hybridized carbons (Fsp3) is 0.484. The van der Waals surface area contributed by atoms with Gasteiger partial charge in [-0.15, -0.1) is 11.3 Å². The molecule has 5 rings (SSSR count). The van der Waals surface area contributed by atoms with Gasteiger partial charge in [0.05, 0.1) is 10.6 Å². The van der Waals surface area contributed by atoms with Gasteiger partial charge in [-0.1, -0.05) is 35.3 Å². The van der Waals surface area contributed by atoms with Crippen molar-refractivity contribution in [2.45, 2.75) is 66.2 Å². The van der Waals surface area contributed by atoms with Gasteiger partial charge in [0, 0.05) is 48.5 Å². The molecule has 2 atom stereocenters. The summed E-state index contributed by atoms with van der Waals surface area (Å²) in [5.41, 5.74) is 0.625. The van der Waals surface area contributed by atoms with Crippen molar-refractivity contribution in [2.24, 2.45) is 5.92 Å². The molecular weight excluding hydrogens is 867 g/mol. The number of aliphatic carboxylic acids is 1. The van der Waals surface area contributed by atoms with Gasteiger partial charge in [0.25, 0.3) is 10.0 Å². The molecule has 2 saturated heterocycles. The standard InChI is InChI=1S/C31H36Br2Cl2N4O7S3/c32-25-17-28(47-29(25)35)49(44,45)39-11-1-3-21(19-39)4-2-14-46-23-9-12-38(13-10-23)30-26(33)16-24(18-36-30)48(42,43)37-27(31(40)41)15-20-5-7-22(34)8-6-20/h5-8,16-18,21,23,27,37H,1-4,9-15,19H2,(H,40,41)/t21?,27-/m0/s1. The lowest BCUT2D eigenvalue weighted by molar-refractivity contribution is -0.138.